The predicted octanol–water partition coefficient (Wildman–Crippen LogP) is 4.88. The van der Waals surface area contributed by atoms with Crippen LogP contribution in [0.1, 0.15) is 32.3 Å². The summed E-state index contributed by atoms with van der Waals surface area (Å²) >= 11 is 6.06. The molecule has 3 aromatic carbocycles. The highest BCUT2D eigenvalue weighted by Crippen LogP contribution is 2.26. The molecular weight excluding hydrogens is 538 g/mol. The zero-order valence-electron chi connectivity index (χ0n) is 22.3. The van der Waals surface area contributed by atoms with Gasteiger partial charge in [-0.25, -0.2) is 8.42 Å². The summed E-state index contributed by atoms with van der Waals surface area (Å²) in [6.07, 6.45) is 1.10. The van der Waals surface area contributed by atoms with Crippen LogP contribution in [0.5, 0.6) is 5.75 Å². The van der Waals surface area contributed by atoms with E-state index in [9.17, 15) is 18.0 Å². The van der Waals surface area contributed by atoms with Crippen molar-refractivity contribution in [1.29, 1.82) is 0 Å². The van der Waals surface area contributed by atoms with Gasteiger partial charge in [0.1, 0.15) is 18.3 Å². The van der Waals surface area contributed by atoms with Gasteiger partial charge in [-0.2, -0.15) is 0 Å². The molecule has 3 rings (SSSR count). The van der Waals surface area contributed by atoms with Gasteiger partial charge in [-0.05, 0) is 66.9 Å². The minimum Gasteiger partial charge on any atom is -0.497 e. The van der Waals surface area contributed by atoms with Crippen LogP contribution in [0.2, 0.25) is 5.02 Å². The number of halogens is 1. The molecule has 3 aromatic rings. The second-order valence-corrected chi connectivity index (χ2v) is 11.2. The number of sulfonamides is 1. The van der Waals surface area contributed by atoms with Gasteiger partial charge in [0.05, 0.1) is 17.7 Å². The molecule has 0 saturated carbocycles. The minimum absolute atomic E-state index is 0.0437. The lowest BCUT2D eigenvalue weighted by atomic mass is 10.1. The van der Waals surface area contributed by atoms with Crippen LogP contribution >= 0.6 is 11.6 Å². The van der Waals surface area contributed by atoms with Gasteiger partial charge in [-0.15, -0.1) is 0 Å². The molecule has 0 saturated heterocycles. The Morgan fingerprint density at radius 1 is 0.949 bits per heavy atom. The Labute approximate surface area is 235 Å². The third-order valence-corrected chi connectivity index (χ3v) is 8.21. The lowest BCUT2D eigenvalue weighted by Crippen LogP contribution is -2.52. The normalized spacial score (nSPS) is 11.9. The van der Waals surface area contributed by atoms with E-state index < -0.39 is 28.5 Å². The number of nitrogens with one attached hydrogen (secondary N) is 1. The van der Waals surface area contributed by atoms with Crippen LogP contribution in [0.4, 0.5) is 5.69 Å². The summed E-state index contributed by atoms with van der Waals surface area (Å²) in [6, 6.07) is 20.5. The third-order valence-electron chi connectivity index (χ3n) is 6.17. The number of amides is 2. The number of methoxy groups -OCH3 is 1. The summed E-state index contributed by atoms with van der Waals surface area (Å²) in [4.78, 5) is 28.6. The first-order valence-electron chi connectivity index (χ1n) is 12.7. The quantitative estimate of drug-likeness (QED) is 0.315. The Morgan fingerprint density at radius 3 is 2.15 bits per heavy atom. The van der Waals surface area contributed by atoms with Crippen LogP contribution in [0.25, 0.3) is 0 Å². The maximum absolute atomic E-state index is 14.0. The van der Waals surface area contributed by atoms with E-state index in [1.54, 1.807) is 61.7 Å². The molecule has 0 heterocycles. The summed E-state index contributed by atoms with van der Waals surface area (Å²) in [5.41, 5.74) is 1.05. The van der Waals surface area contributed by atoms with Crippen LogP contribution in [-0.4, -0.2) is 51.4 Å². The lowest BCUT2D eigenvalue weighted by molar-refractivity contribution is -0.140. The van der Waals surface area contributed by atoms with Crippen molar-refractivity contribution in [3.63, 3.8) is 0 Å². The smallest absolute Gasteiger partial charge is 0.264 e. The first-order chi connectivity index (χ1) is 18.7. The lowest BCUT2D eigenvalue weighted by Gasteiger charge is -2.33. The van der Waals surface area contributed by atoms with E-state index in [0.717, 1.165) is 16.3 Å². The number of carbonyl (C=O) groups is 2. The molecule has 0 aromatic heterocycles. The molecule has 0 aliphatic carbocycles. The summed E-state index contributed by atoms with van der Waals surface area (Å²) in [6.45, 7) is 3.84. The zero-order valence-corrected chi connectivity index (χ0v) is 23.9. The van der Waals surface area contributed by atoms with Crippen molar-refractivity contribution in [2.45, 2.75) is 44.2 Å². The van der Waals surface area contributed by atoms with Gasteiger partial charge < -0.3 is 15.0 Å². The monoisotopic (exact) mass is 571 g/mol. The van der Waals surface area contributed by atoms with Gasteiger partial charge in [0.15, 0.2) is 0 Å². The Hall–Kier alpha value is -3.56. The van der Waals surface area contributed by atoms with Gasteiger partial charge in [0, 0.05) is 18.1 Å². The molecule has 8 nitrogen and oxygen atoms in total. The van der Waals surface area contributed by atoms with Gasteiger partial charge in [0.2, 0.25) is 11.8 Å². The first kappa shape index (κ1) is 30.0. The van der Waals surface area contributed by atoms with Crippen molar-refractivity contribution >= 4 is 39.1 Å². The van der Waals surface area contributed by atoms with Crippen molar-refractivity contribution in [2.24, 2.45) is 0 Å². The third kappa shape index (κ3) is 7.74. The molecule has 0 fully saturated rings. The number of hydrogen-bond acceptors (Lipinski definition) is 5. The molecule has 0 radical (unpaired) electrons. The second-order valence-electron chi connectivity index (χ2n) is 8.89. The van der Waals surface area contributed by atoms with Gasteiger partial charge in [0.25, 0.3) is 10.0 Å². The molecule has 0 spiro atoms. The number of nitrogens with zero attached hydrogens (tertiary/aromatic N) is 2. The fourth-order valence-corrected chi connectivity index (χ4v) is 5.63. The van der Waals surface area contributed by atoms with Crippen molar-refractivity contribution in [2.75, 3.05) is 24.5 Å². The molecule has 0 aliphatic rings. The van der Waals surface area contributed by atoms with E-state index >= 15 is 0 Å². The van der Waals surface area contributed by atoms with Crippen LogP contribution in [-0.2, 0) is 26.2 Å². The number of benzene rings is 3. The molecule has 208 valence electrons. The summed E-state index contributed by atoms with van der Waals surface area (Å²) in [7, 11) is -2.55. The molecule has 1 unspecified atom stereocenters. The molecule has 39 heavy (non-hydrogen) atoms. The average molecular weight is 572 g/mol. The minimum atomic E-state index is -4.12. The largest absolute Gasteiger partial charge is 0.497 e. The van der Waals surface area contributed by atoms with Gasteiger partial charge in [-0.3, -0.25) is 13.9 Å². The number of ether oxygens (including phenoxy) is 1. The Kier molecular flexibility index (Phi) is 10.8. The van der Waals surface area contributed by atoms with E-state index in [-0.39, 0.29) is 23.0 Å². The number of anilines is 1. The summed E-state index contributed by atoms with van der Waals surface area (Å²) < 4.78 is 33.8. The van der Waals surface area contributed by atoms with E-state index in [1.807, 2.05) is 26.0 Å². The molecule has 1 N–H and O–H groups in total. The molecule has 0 bridgehead atoms. The average Bonchev–Trinajstić information content (AvgIpc) is 2.95. The number of carbonyl (C=O) groups excluding carboxylic acids is 2. The predicted molar refractivity (Wildman–Crippen MR) is 153 cm³/mol. The molecule has 0 aliphatic heterocycles. The van der Waals surface area contributed by atoms with E-state index in [4.69, 9.17) is 16.3 Å². The maximum atomic E-state index is 14.0. The molecular formula is C29H34ClN3O5S. The summed E-state index contributed by atoms with van der Waals surface area (Å²) in [5.74, 6) is -0.142. The van der Waals surface area contributed by atoms with Crippen LogP contribution in [0, 0.1) is 0 Å². The van der Waals surface area contributed by atoms with Crippen LogP contribution in [0.15, 0.2) is 83.8 Å². The van der Waals surface area contributed by atoms with Crippen LogP contribution < -0.4 is 14.4 Å². The highest BCUT2D eigenvalue weighted by atomic mass is 35.5. The van der Waals surface area contributed by atoms with E-state index in [2.05, 4.69) is 5.32 Å². The van der Waals surface area contributed by atoms with E-state index in [0.29, 0.717) is 23.7 Å². The Morgan fingerprint density at radius 2 is 1.59 bits per heavy atom. The van der Waals surface area contributed by atoms with Gasteiger partial charge in [-0.1, -0.05) is 55.8 Å². The van der Waals surface area contributed by atoms with E-state index in [1.165, 1.54) is 17.0 Å². The topological polar surface area (TPSA) is 96.0 Å². The standard InChI is InChI=1S/C29H34ClN3O5S/c1-4-19-31-29(35)27(5-2)32(20-22-11-17-25(38-3)18-12-22)28(34)21-33(24-15-13-23(30)14-16-24)39(36,37)26-9-7-6-8-10-26/h6-18,27H,4-5,19-21H2,1-3H3,(H,31,35). The van der Waals surface area contributed by atoms with Crippen molar-refractivity contribution in [1.82, 2.24) is 10.2 Å². The molecule has 2 amide bonds. The van der Waals surface area contributed by atoms with Gasteiger partial charge >= 0.3 is 0 Å². The van der Waals surface area contributed by atoms with Crippen molar-refractivity contribution in [3.8, 4) is 5.75 Å². The Bertz CT molecular complexity index is 1330. The van der Waals surface area contributed by atoms with Crippen molar-refractivity contribution in [3.05, 3.63) is 89.4 Å². The Balaban J connectivity index is 2.02. The van der Waals surface area contributed by atoms with Crippen LogP contribution in [0.3, 0.4) is 0 Å². The highest BCUT2D eigenvalue weighted by Gasteiger charge is 2.33. The molecule has 1 atom stereocenters. The number of rotatable bonds is 13. The zero-order chi connectivity index (χ0) is 28.4. The maximum Gasteiger partial charge on any atom is 0.264 e. The highest BCUT2D eigenvalue weighted by molar-refractivity contribution is 7.92. The fraction of sp³-hybridized carbons (Fsp3) is 0.310. The molecule has 10 heteroatoms. The first-order valence-corrected chi connectivity index (χ1v) is 14.6. The second kappa shape index (κ2) is 14.0. The number of hydrogen-bond donors (Lipinski definition) is 1. The fourth-order valence-electron chi connectivity index (χ4n) is 4.07. The SMILES string of the molecule is CCCNC(=O)C(CC)N(Cc1ccc(OC)cc1)C(=O)CN(c1ccc(Cl)cc1)S(=O)(=O)c1ccccc1. The van der Waals surface area contributed by atoms with Crippen molar-refractivity contribution < 1.29 is 22.7 Å². The summed E-state index contributed by atoms with van der Waals surface area (Å²) in [5, 5.41) is 3.30.